The molecule has 3 nitrogen and oxygen atoms in total. The van der Waals surface area contributed by atoms with Crippen LogP contribution in [0.1, 0.15) is 25.8 Å². The first-order valence-corrected chi connectivity index (χ1v) is 7.77. The van der Waals surface area contributed by atoms with Crippen molar-refractivity contribution in [3.05, 3.63) is 40.1 Å². The molecule has 5 heteroatoms. The lowest BCUT2D eigenvalue weighted by Crippen LogP contribution is -2.23. The second kappa shape index (κ2) is 9.68. The monoisotopic (exact) mass is 357 g/mol. The number of carbonyl (C=O) groups is 1. The molecule has 0 aliphatic carbocycles. The zero-order chi connectivity index (χ0) is 15.7. The Morgan fingerprint density at radius 1 is 1.48 bits per heavy atom. The van der Waals surface area contributed by atoms with Crippen LogP contribution in [0.3, 0.4) is 0 Å². The minimum Gasteiger partial charge on any atom is -0.381 e. The first-order valence-electron chi connectivity index (χ1n) is 6.97. The quantitative estimate of drug-likeness (QED) is 0.567. The minimum atomic E-state index is -0.357. The number of ether oxygens (including phenoxy) is 1. The van der Waals surface area contributed by atoms with Crippen LogP contribution in [-0.2, 0) is 9.53 Å². The average Bonchev–Trinajstić information content (AvgIpc) is 2.43. The molecule has 1 aromatic rings. The van der Waals surface area contributed by atoms with Crippen molar-refractivity contribution in [1.29, 1.82) is 0 Å². The SMILES string of the molecule is CC(C)COCCCNC(=O)/C=C/c1cc(Br)ccc1F. The maximum absolute atomic E-state index is 13.5. The summed E-state index contributed by atoms with van der Waals surface area (Å²) in [6.45, 7) is 6.09. The highest BCUT2D eigenvalue weighted by Crippen LogP contribution is 2.16. The van der Waals surface area contributed by atoms with Crippen LogP contribution in [0.15, 0.2) is 28.7 Å². The third kappa shape index (κ3) is 7.97. The zero-order valence-corrected chi connectivity index (χ0v) is 14.0. The van der Waals surface area contributed by atoms with Crippen molar-refractivity contribution in [2.75, 3.05) is 19.8 Å². The van der Waals surface area contributed by atoms with Gasteiger partial charge in [-0.2, -0.15) is 0 Å². The van der Waals surface area contributed by atoms with Gasteiger partial charge in [-0.05, 0) is 36.6 Å². The first-order chi connectivity index (χ1) is 9.99. The predicted molar refractivity (Wildman–Crippen MR) is 86.4 cm³/mol. The standard InChI is InChI=1S/C16H21BrFNO2/c1-12(2)11-21-9-3-8-19-16(20)7-4-13-10-14(17)5-6-15(13)18/h4-7,10,12H,3,8-9,11H2,1-2H3,(H,19,20)/b7-4+. The van der Waals surface area contributed by atoms with Crippen molar-refractivity contribution < 1.29 is 13.9 Å². The molecule has 0 fully saturated rings. The average molecular weight is 358 g/mol. The maximum Gasteiger partial charge on any atom is 0.244 e. The van der Waals surface area contributed by atoms with E-state index in [0.29, 0.717) is 24.6 Å². The lowest BCUT2D eigenvalue weighted by atomic mass is 10.2. The highest BCUT2D eigenvalue weighted by Gasteiger charge is 2.01. The van der Waals surface area contributed by atoms with E-state index in [-0.39, 0.29) is 11.7 Å². The summed E-state index contributed by atoms with van der Waals surface area (Å²) in [5.41, 5.74) is 0.375. The summed E-state index contributed by atoms with van der Waals surface area (Å²) < 4.78 is 19.6. The summed E-state index contributed by atoms with van der Waals surface area (Å²) in [7, 11) is 0. The second-order valence-corrected chi connectivity index (χ2v) is 6.03. The maximum atomic E-state index is 13.5. The van der Waals surface area contributed by atoms with Gasteiger partial charge in [-0.25, -0.2) is 4.39 Å². The van der Waals surface area contributed by atoms with Crippen LogP contribution in [0.25, 0.3) is 6.08 Å². The molecule has 0 radical (unpaired) electrons. The Balaban J connectivity index is 2.27. The molecule has 0 saturated heterocycles. The minimum absolute atomic E-state index is 0.238. The first kappa shape index (κ1) is 17.9. The van der Waals surface area contributed by atoms with Gasteiger partial charge in [0.25, 0.3) is 0 Å². The molecule has 1 N–H and O–H groups in total. The van der Waals surface area contributed by atoms with E-state index in [1.807, 2.05) is 0 Å². The van der Waals surface area contributed by atoms with E-state index in [2.05, 4.69) is 35.1 Å². The third-order valence-corrected chi connectivity index (χ3v) is 3.08. The molecule has 0 heterocycles. The summed E-state index contributed by atoms with van der Waals surface area (Å²) in [4.78, 5) is 11.6. The Morgan fingerprint density at radius 3 is 2.95 bits per heavy atom. The number of benzene rings is 1. The van der Waals surface area contributed by atoms with Crippen LogP contribution < -0.4 is 5.32 Å². The Bertz CT molecular complexity index is 489. The van der Waals surface area contributed by atoms with Crippen LogP contribution in [0, 0.1) is 11.7 Å². The van der Waals surface area contributed by atoms with Gasteiger partial charge in [0.15, 0.2) is 0 Å². The summed E-state index contributed by atoms with van der Waals surface area (Å²) in [6.07, 6.45) is 3.56. The number of amides is 1. The molecule has 1 amide bonds. The summed E-state index contributed by atoms with van der Waals surface area (Å²) >= 11 is 3.26. The third-order valence-electron chi connectivity index (χ3n) is 2.59. The summed E-state index contributed by atoms with van der Waals surface area (Å²) in [5, 5.41) is 2.74. The van der Waals surface area contributed by atoms with Gasteiger partial charge in [0.1, 0.15) is 5.82 Å². The molecule has 0 unspecified atom stereocenters. The highest BCUT2D eigenvalue weighted by molar-refractivity contribution is 9.10. The molecule has 0 atom stereocenters. The summed E-state index contributed by atoms with van der Waals surface area (Å²) in [5.74, 6) is -0.0785. The molecule has 0 aromatic heterocycles. The lowest BCUT2D eigenvalue weighted by molar-refractivity contribution is -0.116. The van der Waals surface area contributed by atoms with Gasteiger partial charge < -0.3 is 10.1 Å². The van der Waals surface area contributed by atoms with E-state index < -0.39 is 0 Å². The Morgan fingerprint density at radius 2 is 2.24 bits per heavy atom. The van der Waals surface area contributed by atoms with Gasteiger partial charge in [-0.3, -0.25) is 4.79 Å². The lowest BCUT2D eigenvalue weighted by Gasteiger charge is -2.06. The van der Waals surface area contributed by atoms with E-state index in [1.165, 1.54) is 18.2 Å². The normalized spacial score (nSPS) is 11.3. The van der Waals surface area contributed by atoms with E-state index in [1.54, 1.807) is 12.1 Å². The fourth-order valence-corrected chi connectivity index (χ4v) is 1.95. The number of hydrogen-bond acceptors (Lipinski definition) is 2. The fourth-order valence-electron chi connectivity index (χ4n) is 1.57. The number of rotatable bonds is 8. The van der Waals surface area contributed by atoms with Crippen LogP contribution in [0.5, 0.6) is 0 Å². The predicted octanol–water partition coefficient (Wildman–Crippen LogP) is 3.78. The van der Waals surface area contributed by atoms with Gasteiger partial charge in [-0.15, -0.1) is 0 Å². The van der Waals surface area contributed by atoms with E-state index in [9.17, 15) is 9.18 Å². The van der Waals surface area contributed by atoms with Crippen LogP contribution in [-0.4, -0.2) is 25.7 Å². The van der Waals surface area contributed by atoms with Crippen LogP contribution in [0.2, 0.25) is 0 Å². The molecule has 0 aliphatic rings. The van der Waals surface area contributed by atoms with Crippen molar-refractivity contribution in [3.8, 4) is 0 Å². The highest BCUT2D eigenvalue weighted by atomic mass is 79.9. The molecular formula is C16H21BrFNO2. The number of nitrogens with one attached hydrogen (secondary N) is 1. The molecule has 0 saturated carbocycles. The van der Waals surface area contributed by atoms with Gasteiger partial charge in [0.05, 0.1) is 0 Å². The molecule has 1 rings (SSSR count). The van der Waals surface area contributed by atoms with Crippen LogP contribution >= 0.6 is 15.9 Å². The molecule has 116 valence electrons. The molecular weight excluding hydrogens is 337 g/mol. The van der Waals surface area contributed by atoms with Crippen molar-refractivity contribution in [2.24, 2.45) is 5.92 Å². The second-order valence-electron chi connectivity index (χ2n) is 5.11. The number of hydrogen-bond donors (Lipinski definition) is 1. The van der Waals surface area contributed by atoms with Gasteiger partial charge in [-0.1, -0.05) is 29.8 Å². The smallest absolute Gasteiger partial charge is 0.244 e. The molecule has 0 bridgehead atoms. The van der Waals surface area contributed by atoms with Gasteiger partial charge in [0, 0.05) is 35.9 Å². The van der Waals surface area contributed by atoms with Crippen LogP contribution in [0.4, 0.5) is 4.39 Å². The fraction of sp³-hybridized carbons (Fsp3) is 0.438. The summed E-state index contributed by atoms with van der Waals surface area (Å²) in [6, 6.07) is 4.59. The van der Waals surface area contributed by atoms with Crippen molar-refractivity contribution in [3.63, 3.8) is 0 Å². The van der Waals surface area contributed by atoms with Crippen molar-refractivity contribution in [2.45, 2.75) is 20.3 Å². The van der Waals surface area contributed by atoms with Gasteiger partial charge in [0.2, 0.25) is 5.91 Å². The van der Waals surface area contributed by atoms with Gasteiger partial charge >= 0.3 is 0 Å². The van der Waals surface area contributed by atoms with Crippen molar-refractivity contribution in [1.82, 2.24) is 5.32 Å². The largest absolute Gasteiger partial charge is 0.381 e. The number of halogens is 2. The van der Waals surface area contributed by atoms with Crippen molar-refractivity contribution >= 4 is 27.9 Å². The van der Waals surface area contributed by atoms with E-state index in [4.69, 9.17) is 4.74 Å². The number of carbonyl (C=O) groups excluding carboxylic acids is 1. The molecule has 0 aliphatic heterocycles. The molecule has 21 heavy (non-hydrogen) atoms. The zero-order valence-electron chi connectivity index (χ0n) is 12.4. The molecule has 0 spiro atoms. The van der Waals surface area contributed by atoms with E-state index >= 15 is 0 Å². The Labute approximate surface area is 133 Å². The topological polar surface area (TPSA) is 38.3 Å². The Hall–Kier alpha value is -1.20. The molecule has 1 aromatic carbocycles. The van der Waals surface area contributed by atoms with E-state index in [0.717, 1.165) is 17.5 Å². The Kier molecular flexibility index (Phi) is 8.23.